The van der Waals surface area contributed by atoms with Gasteiger partial charge in [-0.1, -0.05) is 31.2 Å². The van der Waals surface area contributed by atoms with Gasteiger partial charge in [0.05, 0.1) is 18.2 Å². The molecule has 0 heterocycles. The molecule has 5 nitrogen and oxygen atoms in total. The van der Waals surface area contributed by atoms with Crippen LogP contribution < -0.4 is 4.72 Å². The predicted octanol–water partition coefficient (Wildman–Crippen LogP) is 0.866. The van der Waals surface area contributed by atoms with E-state index in [-0.39, 0.29) is 6.42 Å². The van der Waals surface area contributed by atoms with E-state index in [0.717, 1.165) is 11.1 Å². The fraction of sp³-hybridized carbons (Fsp3) is 0.462. The number of sulfonamides is 1. The van der Waals surface area contributed by atoms with E-state index in [2.05, 4.69) is 4.72 Å². The van der Waals surface area contributed by atoms with Gasteiger partial charge in [-0.25, -0.2) is 13.1 Å². The molecular weight excluding hydrogens is 264 g/mol. The van der Waals surface area contributed by atoms with Gasteiger partial charge in [0.2, 0.25) is 10.0 Å². The van der Waals surface area contributed by atoms with Crippen LogP contribution in [-0.2, 0) is 16.4 Å². The van der Waals surface area contributed by atoms with Crippen molar-refractivity contribution in [1.29, 1.82) is 5.26 Å². The molecular formula is C13H16N2O3S. The fourth-order valence-corrected chi connectivity index (χ4v) is 3.74. The van der Waals surface area contributed by atoms with Crippen molar-refractivity contribution in [1.82, 2.24) is 4.72 Å². The molecule has 0 saturated heterocycles. The van der Waals surface area contributed by atoms with E-state index in [4.69, 9.17) is 5.26 Å². The number of nitriles is 1. The average Bonchev–Trinajstić information content (AvgIpc) is 2.67. The maximum atomic E-state index is 12.1. The standard InChI is InChI=1S/C13H16N2O3S/c1-2-10(8-14)19(17,18)15-13-11-6-4-3-5-9(11)7-12(13)16/h3-6,10,12-13,15-16H,2,7H2,1H3. The number of fused-ring (bicyclic) bond motifs is 1. The number of benzene rings is 1. The normalized spacial score (nSPS) is 23.6. The quantitative estimate of drug-likeness (QED) is 0.856. The summed E-state index contributed by atoms with van der Waals surface area (Å²) in [7, 11) is -3.75. The molecule has 1 aliphatic rings. The number of hydrogen-bond acceptors (Lipinski definition) is 4. The van der Waals surface area contributed by atoms with Crippen LogP contribution in [0.2, 0.25) is 0 Å². The van der Waals surface area contributed by atoms with Gasteiger partial charge in [0.15, 0.2) is 5.25 Å². The van der Waals surface area contributed by atoms with E-state index in [0.29, 0.717) is 6.42 Å². The van der Waals surface area contributed by atoms with Crippen molar-refractivity contribution in [2.24, 2.45) is 0 Å². The first-order valence-corrected chi connectivity index (χ1v) is 7.71. The van der Waals surface area contributed by atoms with Crippen LogP contribution in [-0.4, -0.2) is 24.9 Å². The summed E-state index contributed by atoms with van der Waals surface area (Å²) in [5.74, 6) is 0. The van der Waals surface area contributed by atoms with Crippen molar-refractivity contribution in [3.63, 3.8) is 0 Å². The molecule has 0 aromatic heterocycles. The van der Waals surface area contributed by atoms with Gasteiger partial charge >= 0.3 is 0 Å². The highest BCUT2D eigenvalue weighted by Crippen LogP contribution is 2.32. The Morgan fingerprint density at radius 3 is 2.84 bits per heavy atom. The lowest BCUT2D eigenvalue weighted by Crippen LogP contribution is -2.39. The molecule has 1 aliphatic carbocycles. The summed E-state index contributed by atoms with van der Waals surface area (Å²) in [5.41, 5.74) is 1.72. The van der Waals surface area contributed by atoms with Gasteiger partial charge < -0.3 is 5.11 Å². The Balaban J connectivity index is 2.28. The Morgan fingerprint density at radius 2 is 2.21 bits per heavy atom. The summed E-state index contributed by atoms with van der Waals surface area (Å²) in [5, 5.41) is 17.8. The Kier molecular flexibility index (Phi) is 3.90. The van der Waals surface area contributed by atoms with Gasteiger partial charge in [-0.3, -0.25) is 0 Å². The smallest absolute Gasteiger partial charge is 0.228 e. The highest BCUT2D eigenvalue weighted by molar-refractivity contribution is 7.90. The highest BCUT2D eigenvalue weighted by atomic mass is 32.2. The van der Waals surface area contributed by atoms with Gasteiger partial charge in [-0.2, -0.15) is 5.26 Å². The molecule has 0 aliphatic heterocycles. The highest BCUT2D eigenvalue weighted by Gasteiger charge is 2.36. The summed E-state index contributed by atoms with van der Waals surface area (Å²) < 4.78 is 26.6. The minimum absolute atomic E-state index is 0.219. The van der Waals surface area contributed by atoms with E-state index in [9.17, 15) is 13.5 Å². The third-order valence-corrected chi connectivity index (χ3v) is 5.15. The molecule has 6 heteroatoms. The topological polar surface area (TPSA) is 90.2 Å². The number of nitrogens with one attached hydrogen (secondary N) is 1. The molecule has 0 fully saturated rings. The van der Waals surface area contributed by atoms with E-state index in [1.165, 1.54) is 0 Å². The molecule has 0 bridgehead atoms. The van der Waals surface area contributed by atoms with Crippen molar-refractivity contribution in [2.75, 3.05) is 0 Å². The minimum Gasteiger partial charge on any atom is -0.391 e. The second kappa shape index (κ2) is 5.29. The lowest BCUT2D eigenvalue weighted by atomic mass is 10.1. The van der Waals surface area contributed by atoms with Crippen LogP contribution in [0.25, 0.3) is 0 Å². The Labute approximate surface area is 112 Å². The Bertz CT molecular complexity index is 607. The lowest BCUT2D eigenvalue weighted by molar-refractivity contribution is 0.151. The van der Waals surface area contributed by atoms with Crippen molar-refractivity contribution in [3.05, 3.63) is 35.4 Å². The zero-order valence-corrected chi connectivity index (χ0v) is 11.4. The molecule has 102 valence electrons. The molecule has 1 aromatic rings. The van der Waals surface area contributed by atoms with Gasteiger partial charge in [-0.05, 0) is 17.5 Å². The maximum absolute atomic E-state index is 12.1. The van der Waals surface area contributed by atoms with Crippen LogP contribution in [0, 0.1) is 11.3 Å². The Hall–Kier alpha value is -1.42. The van der Waals surface area contributed by atoms with E-state index >= 15 is 0 Å². The van der Waals surface area contributed by atoms with E-state index < -0.39 is 27.4 Å². The van der Waals surface area contributed by atoms with Crippen molar-refractivity contribution in [2.45, 2.75) is 37.2 Å². The van der Waals surface area contributed by atoms with Crippen LogP contribution in [0.1, 0.15) is 30.5 Å². The minimum atomic E-state index is -3.75. The summed E-state index contributed by atoms with van der Waals surface area (Å²) >= 11 is 0. The number of hydrogen-bond donors (Lipinski definition) is 2. The van der Waals surface area contributed by atoms with Crippen molar-refractivity contribution < 1.29 is 13.5 Å². The third-order valence-electron chi connectivity index (χ3n) is 3.38. The number of nitrogens with zero attached hydrogens (tertiary/aromatic N) is 1. The maximum Gasteiger partial charge on any atom is 0.228 e. The zero-order chi connectivity index (χ0) is 14.0. The van der Waals surface area contributed by atoms with E-state index in [1.54, 1.807) is 25.1 Å². The first-order chi connectivity index (χ1) is 8.99. The van der Waals surface area contributed by atoms with Crippen LogP contribution in [0.5, 0.6) is 0 Å². The van der Waals surface area contributed by atoms with Crippen LogP contribution in [0.3, 0.4) is 0 Å². The van der Waals surface area contributed by atoms with Crippen LogP contribution in [0.15, 0.2) is 24.3 Å². The molecule has 2 N–H and O–H groups in total. The van der Waals surface area contributed by atoms with Crippen LogP contribution in [0.4, 0.5) is 0 Å². The Morgan fingerprint density at radius 1 is 1.53 bits per heavy atom. The van der Waals surface area contributed by atoms with Gasteiger partial charge in [0.1, 0.15) is 0 Å². The average molecular weight is 280 g/mol. The number of rotatable bonds is 4. The van der Waals surface area contributed by atoms with Gasteiger partial charge in [0.25, 0.3) is 0 Å². The molecule has 0 spiro atoms. The lowest BCUT2D eigenvalue weighted by Gasteiger charge is -2.19. The third kappa shape index (κ3) is 2.63. The first kappa shape index (κ1) is 14.0. The second-order valence-electron chi connectivity index (χ2n) is 4.64. The SMILES string of the molecule is CCC(C#N)S(=O)(=O)NC1c2ccccc2CC1O. The molecule has 0 amide bonds. The van der Waals surface area contributed by atoms with Crippen LogP contribution >= 0.6 is 0 Å². The van der Waals surface area contributed by atoms with Gasteiger partial charge in [0, 0.05) is 6.42 Å². The van der Waals surface area contributed by atoms with E-state index in [1.807, 2.05) is 12.1 Å². The molecule has 2 rings (SSSR count). The largest absolute Gasteiger partial charge is 0.391 e. The van der Waals surface area contributed by atoms with Gasteiger partial charge in [-0.15, -0.1) is 0 Å². The monoisotopic (exact) mass is 280 g/mol. The zero-order valence-electron chi connectivity index (χ0n) is 10.6. The predicted molar refractivity (Wildman–Crippen MR) is 70.6 cm³/mol. The summed E-state index contributed by atoms with van der Waals surface area (Å²) in [6, 6.07) is 8.44. The molecule has 1 aromatic carbocycles. The number of aliphatic hydroxyl groups excluding tert-OH is 1. The second-order valence-corrected chi connectivity index (χ2v) is 6.53. The molecule has 0 saturated carbocycles. The molecule has 3 unspecified atom stereocenters. The molecule has 19 heavy (non-hydrogen) atoms. The first-order valence-electron chi connectivity index (χ1n) is 6.16. The summed E-state index contributed by atoms with van der Waals surface area (Å²) in [6.45, 7) is 1.64. The summed E-state index contributed by atoms with van der Waals surface area (Å²) in [6.07, 6.45) is -0.147. The fourth-order valence-electron chi connectivity index (χ4n) is 2.36. The van der Waals surface area contributed by atoms with Crippen molar-refractivity contribution >= 4 is 10.0 Å². The number of aliphatic hydroxyl groups is 1. The summed E-state index contributed by atoms with van der Waals surface area (Å²) in [4.78, 5) is 0. The molecule has 3 atom stereocenters. The molecule has 0 radical (unpaired) electrons. The van der Waals surface area contributed by atoms with Crippen molar-refractivity contribution in [3.8, 4) is 6.07 Å².